The molecular weight excluding hydrogens is 186 g/mol. The van der Waals surface area contributed by atoms with Gasteiger partial charge < -0.3 is 0 Å². The van der Waals surface area contributed by atoms with Crippen LogP contribution in [0.15, 0.2) is 0 Å². The third kappa shape index (κ3) is 2.68. The Morgan fingerprint density at radius 2 is 1.69 bits per heavy atom. The third-order valence-electron chi connectivity index (χ3n) is 2.70. The van der Waals surface area contributed by atoms with Gasteiger partial charge in [0.15, 0.2) is 0 Å². The second kappa shape index (κ2) is 3.96. The third-order valence-corrected chi connectivity index (χ3v) is 5.14. The van der Waals surface area contributed by atoms with Crippen LogP contribution in [-0.2, 0) is 10.0 Å². The lowest BCUT2D eigenvalue weighted by atomic mass is 10.0. The molecule has 0 aromatic carbocycles. The number of hydrogen-bond donors (Lipinski definition) is 0. The molecule has 0 aromatic heterocycles. The van der Waals surface area contributed by atoms with E-state index in [1.165, 1.54) is 4.31 Å². The molecule has 0 fully saturated rings. The maximum absolute atomic E-state index is 11.8. The van der Waals surface area contributed by atoms with Crippen LogP contribution < -0.4 is 0 Å². The molecule has 0 aromatic rings. The van der Waals surface area contributed by atoms with Crippen molar-refractivity contribution >= 4 is 10.0 Å². The van der Waals surface area contributed by atoms with Gasteiger partial charge in [0.2, 0.25) is 10.0 Å². The fourth-order valence-electron chi connectivity index (χ4n) is 0.883. The zero-order valence-electron chi connectivity index (χ0n) is 9.46. The highest BCUT2D eigenvalue weighted by molar-refractivity contribution is 7.89. The normalized spacial score (nSPS) is 14.2. The molecule has 0 unspecified atom stereocenters. The monoisotopic (exact) mass is 207 g/mol. The highest BCUT2D eigenvalue weighted by Gasteiger charge is 2.33. The predicted molar refractivity (Wildman–Crippen MR) is 56.2 cm³/mol. The first kappa shape index (κ1) is 12.9. The number of hydrogen-bond acceptors (Lipinski definition) is 2. The lowest BCUT2D eigenvalue weighted by Crippen LogP contribution is -2.47. The van der Waals surface area contributed by atoms with E-state index in [1.54, 1.807) is 20.9 Å². The minimum Gasteiger partial charge on any atom is -0.212 e. The maximum atomic E-state index is 11.8. The lowest BCUT2D eigenvalue weighted by Gasteiger charge is -2.34. The van der Waals surface area contributed by atoms with Crippen molar-refractivity contribution in [3.05, 3.63) is 0 Å². The van der Waals surface area contributed by atoms with Gasteiger partial charge in [-0.2, -0.15) is 4.31 Å². The molecule has 0 heterocycles. The van der Waals surface area contributed by atoms with Crippen LogP contribution in [0.5, 0.6) is 0 Å². The van der Waals surface area contributed by atoms with Gasteiger partial charge in [0.05, 0.1) is 5.25 Å². The molecule has 0 saturated heterocycles. The largest absolute Gasteiger partial charge is 0.216 e. The fraction of sp³-hybridized carbons (Fsp3) is 1.00. The molecule has 0 saturated carbocycles. The van der Waals surface area contributed by atoms with Crippen LogP contribution in [0.1, 0.15) is 41.0 Å². The minimum absolute atomic E-state index is 0.289. The van der Waals surface area contributed by atoms with E-state index in [1.807, 2.05) is 20.8 Å². The van der Waals surface area contributed by atoms with Gasteiger partial charge in [0.1, 0.15) is 0 Å². The van der Waals surface area contributed by atoms with Crippen molar-refractivity contribution in [3.8, 4) is 0 Å². The maximum Gasteiger partial charge on any atom is 0.216 e. The van der Waals surface area contributed by atoms with Crippen LogP contribution in [0, 0.1) is 0 Å². The van der Waals surface area contributed by atoms with E-state index >= 15 is 0 Å². The van der Waals surface area contributed by atoms with Crippen LogP contribution >= 0.6 is 0 Å². The molecule has 0 bridgehead atoms. The van der Waals surface area contributed by atoms with Gasteiger partial charge in [-0.25, -0.2) is 8.42 Å². The zero-order chi connectivity index (χ0) is 10.9. The summed E-state index contributed by atoms with van der Waals surface area (Å²) in [5.41, 5.74) is -0.289. The van der Waals surface area contributed by atoms with Gasteiger partial charge in [-0.3, -0.25) is 0 Å². The molecule has 3 nitrogen and oxygen atoms in total. The summed E-state index contributed by atoms with van der Waals surface area (Å²) in [4.78, 5) is 0. The fourth-order valence-corrected chi connectivity index (χ4v) is 2.33. The standard InChI is InChI=1S/C9H21NO2S/c1-7-9(4,5)10(6)13(11,12)8(2)3/h8H,7H2,1-6H3. The predicted octanol–water partition coefficient (Wildman–Crippen LogP) is 1.84. The van der Waals surface area contributed by atoms with E-state index < -0.39 is 10.0 Å². The molecule has 0 spiro atoms. The van der Waals surface area contributed by atoms with Crippen LogP contribution in [-0.4, -0.2) is 30.6 Å². The molecule has 80 valence electrons. The summed E-state index contributed by atoms with van der Waals surface area (Å²) in [5.74, 6) is 0. The Hall–Kier alpha value is -0.0900. The van der Waals surface area contributed by atoms with E-state index in [4.69, 9.17) is 0 Å². The first-order valence-corrected chi connectivity index (χ1v) is 6.14. The van der Waals surface area contributed by atoms with Crippen molar-refractivity contribution < 1.29 is 8.42 Å². The number of rotatable bonds is 4. The molecule has 0 aliphatic heterocycles. The molecule has 0 aliphatic carbocycles. The van der Waals surface area contributed by atoms with E-state index in [2.05, 4.69) is 0 Å². The van der Waals surface area contributed by atoms with Gasteiger partial charge in [0.25, 0.3) is 0 Å². The molecule has 0 radical (unpaired) electrons. The van der Waals surface area contributed by atoms with Crippen molar-refractivity contribution in [1.29, 1.82) is 0 Å². The van der Waals surface area contributed by atoms with Crippen molar-refractivity contribution in [2.24, 2.45) is 0 Å². The van der Waals surface area contributed by atoms with Crippen LogP contribution in [0.4, 0.5) is 0 Å². The summed E-state index contributed by atoms with van der Waals surface area (Å²) in [6.07, 6.45) is 0.815. The summed E-state index contributed by atoms with van der Waals surface area (Å²) in [6, 6.07) is 0. The molecule has 0 amide bonds. The van der Waals surface area contributed by atoms with Crippen molar-refractivity contribution in [2.45, 2.75) is 51.8 Å². The van der Waals surface area contributed by atoms with Crippen molar-refractivity contribution in [1.82, 2.24) is 4.31 Å². The average molecular weight is 207 g/mol. The molecule has 0 N–H and O–H groups in total. The highest BCUT2D eigenvalue weighted by Crippen LogP contribution is 2.22. The second-order valence-corrected chi connectivity index (χ2v) is 6.75. The summed E-state index contributed by atoms with van der Waals surface area (Å²) in [5, 5.41) is -0.344. The average Bonchev–Trinajstić information content (AvgIpc) is 2.02. The highest BCUT2D eigenvalue weighted by atomic mass is 32.2. The van der Waals surface area contributed by atoms with E-state index in [0.29, 0.717) is 0 Å². The summed E-state index contributed by atoms with van der Waals surface area (Å²) >= 11 is 0. The molecule has 0 aliphatic rings. The van der Waals surface area contributed by atoms with E-state index in [0.717, 1.165) is 6.42 Å². The van der Waals surface area contributed by atoms with E-state index in [9.17, 15) is 8.42 Å². The van der Waals surface area contributed by atoms with Gasteiger partial charge in [0, 0.05) is 12.6 Å². The molecular formula is C9H21NO2S. The molecule has 0 atom stereocenters. The molecule has 13 heavy (non-hydrogen) atoms. The van der Waals surface area contributed by atoms with Crippen molar-refractivity contribution in [3.63, 3.8) is 0 Å². The molecule has 0 rings (SSSR count). The minimum atomic E-state index is -3.11. The summed E-state index contributed by atoms with van der Waals surface area (Å²) in [6.45, 7) is 9.28. The Bertz CT molecular complexity index is 255. The molecule has 4 heteroatoms. The van der Waals surface area contributed by atoms with Crippen LogP contribution in [0.2, 0.25) is 0 Å². The smallest absolute Gasteiger partial charge is 0.212 e. The van der Waals surface area contributed by atoms with Gasteiger partial charge in [-0.05, 0) is 34.1 Å². The second-order valence-electron chi connectivity index (χ2n) is 4.23. The van der Waals surface area contributed by atoms with Gasteiger partial charge >= 0.3 is 0 Å². The zero-order valence-corrected chi connectivity index (χ0v) is 10.3. The van der Waals surface area contributed by atoms with Gasteiger partial charge in [-0.1, -0.05) is 6.92 Å². The summed E-state index contributed by atoms with van der Waals surface area (Å²) < 4.78 is 25.0. The van der Waals surface area contributed by atoms with E-state index in [-0.39, 0.29) is 10.8 Å². The Morgan fingerprint density at radius 3 is 1.92 bits per heavy atom. The first-order chi connectivity index (χ1) is 5.66. The number of sulfonamides is 1. The summed E-state index contributed by atoms with van der Waals surface area (Å²) in [7, 11) is -1.46. The van der Waals surface area contributed by atoms with Crippen LogP contribution in [0.25, 0.3) is 0 Å². The SMILES string of the molecule is CCC(C)(C)N(C)S(=O)(=O)C(C)C. The Kier molecular flexibility index (Phi) is 3.94. The van der Waals surface area contributed by atoms with Gasteiger partial charge in [-0.15, -0.1) is 0 Å². The quantitative estimate of drug-likeness (QED) is 0.705. The topological polar surface area (TPSA) is 37.4 Å². The number of nitrogens with zero attached hydrogens (tertiary/aromatic N) is 1. The first-order valence-electron chi connectivity index (χ1n) is 4.64. The van der Waals surface area contributed by atoms with Crippen molar-refractivity contribution in [2.75, 3.05) is 7.05 Å². The Balaban J connectivity index is 4.91. The van der Waals surface area contributed by atoms with Crippen LogP contribution in [0.3, 0.4) is 0 Å². The Morgan fingerprint density at radius 1 is 1.31 bits per heavy atom. The Labute approximate surface area is 82.2 Å². The lowest BCUT2D eigenvalue weighted by molar-refractivity contribution is 0.255.